The first kappa shape index (κ1) is 24.2. The second-order valence-corrected chi connectivity index (χ2v) is 11.4. The second kappa shape index (κ2) is 9.71. The molecule has 34 heavy (non-hydrogen) atoms. The summed E-state index contributed by atoms with van der Waals surface area (Å²) in [4.78, 5) is 30.7. The van der Waals surface area contributed by atoms with Gasteiger partial charge in [-0.3, -0.25) is 4.79 Å². The van der Waals surface area contributed by atoms with Crippen LogP contribution in [0.5, 0.6) is 0 Å². The molecule has 0 atom stereocenters. The number of sulfone groups is 1. The van der Waals surface area contributed by atoms with Crippen LogP contribution in [-0.2, 0) is 19.4 Å². The molecule has 1 amide bonds. The van der Waals surface area contributed by atoms with Crippen molar-refractivity contribution in [3.05, 3.63) is 75.6 Å². The van der Waals surface area contributed by atoms with E-state index in [4.69, 9.17) is 27.9 Å². The fraction of sp³-hybridized carbons (Fsp3) is 0.0870. The molecule has 0 fully saturated rings. The summed E-state index contributed by atoms with van der Waals surface area (Å²) in [5.41, 5.74) is 1.48. The third-order valence-corrected chi connectivity index (χ3v) is 7.43. The number of amides is 1. The summed E-state index contributed by atoms with van der Waals surface area (Å²) in [6.07, 6.45) is 1.04. The van der Waals surface area contributed by atoms with Crippen LogP contribution in [0, 0.1) is 0 Å². The van der Waals surface area contributed by atoms with Crippen molar-refractivity contribution in [1.82, 2.24) is 4.98 Å². The Morgan fingerprint density at radius 3 is 2.53 bits per heavy atom. The van der Waals surface area contributed by atoms with Crippen LogP contribution < -0.4 is 5.32 Å². The third kappa shape index (κ3) is 5.39. The van der Waals surface area contributed by atoms with E-state index in [0.717, 1.165) is 11.1 Å². The van der Waals surface area contributed by atoms with Crippen LogP contribution in [0.15, 0.2) is 65.6 Å². The van der Waals surface area contributed by atoms with E-state index in [-0.39, 0.29) is 21.2 Å². The summed E-state index contributed by atoms with van der Waals surface area (Å²) >= 11 is 13.4. The summed E-state index contributed by atoms with van der Waals surface area (Å²) in [7, 11) is -3.49. The Hall–Kier alpha value is -2.98. The number of esters is 1. The Kier molecular flexibility index (Phi) is 6.90. The van der Waals surface area contributed by atoms with Gasteiger partial charge in [-0.2, -0.15) is 0 Å². The highest BCUT2D eigenvalue weighted by molar-refractivity contribution is 7.90. The normalized spacial score (nSPS) is 11.4. The molecule has 4 aromatic rings. The van der Waals surface area contributed by atoms with Crippen molar-refractivity contribution < 1.29 is 22.7 Å². The predicted molar refractivity (Wildman–Crippen MR) is 134 cm³/mol. The lowest BCUT2D eigenvalue weighted by Crippen LogP contribution is -2.21. The van der Waals surface area contributed by atoms with Gasteiger partial charge in [0.1, 0.15) is 0 Å². The first-order chi connectivity index (χ1) is 16.1. The van der Waals surface area contributed by atoms with E-state index in [9.17, 15) is 18.0 Å². The van der Waals surface area contributed by atoms with Crippen molar-refractivity contribution in [1.29, 1.82) is 0 Å². The van der Waals surface area contributed by atoms with E-state index in [1.54, 1.807) is 42.5 Å². The van der Waals surface area contributed by atoms with Crippen molar-refractivity contribution in [3.8, 4) is 10.6 Å². The average Bonchev–Trinajstić information content (AvgIpc) is 3.23. The molecule has 0 bridgehead atoms. The minimum Gasteiger partial charge on any atom is -0.452 e. The SMILES string of the molecule is CS(=O)(=O)c1ccc(Cl)c(NC(=O)COC(=O)c2cc(-c3ccc(Cl)s3)nc3ccccc23)c1. The molecule has 0 unspecified atom stereocenters. The smallest absolute Gasteiger partial charge is 0.339 e. The maximum absolute atomic E-state index is 12.9. The Balaban J connectivity index is 1.54. The maximum atomic E-state index is 12.9. The van der Waals surface area contributed by atoms with Gasteiger partial charge in [0.05, 0.1) is 41.6 Å². The van der Waals surface area contributed by atoms with Crippen LogP contribution in [0.4, 0.5) is 5.69 Å². The van der Waals surface area contributed by atoms with Crippen LogP contribution in [0.3, 0.4) is 0 Å². The number of hydrogen-bond acceptors (Lipinski definition) is 7. The van der Waals surface area contributed by atoms with Crippen LogP contribution in [0.2, 0.25) is 9.36 Å². The Morgan fingerprint density at radius 2 is 1.82 bits per heavy atom. The van der Waals surface area contributed by atoms with E-state index in [0.29, 0.717) is 20.9 Å². The van der Waals surface area contributed by atoms with E-state index in [2.05, 4.69) is 10.3 Å². The molecular formula is C23H16Cl2N2O5S2. The van der Waals surface area contributed by atoms with E-state index < -0.39 is 28.3 Å². The Morgan fingerprint density at radius 1 is 1.06 bits per heavy atom. The summed E-state index contributed by atoms with van der Waals surface area (Å²) in [5, 5.41) is 3.19. The molecule has 0 aliphatic heterocycles. The zero-order valence-corrected chi connectivity index (χ0v) is 20.7. The summed E-state index contributed by atoms with van der Waals surface area (Å²) in [6, 6.07) is 16.2. The van der Waals surface area contributed by atoms with Crippen LogP contribution in [-0.4, -0.2) is 38.1 Å². The third-order valence-electron chi connectivity index (χ3n) is 4.74. The van der Waals surface area contributed by atoms with Crippen molar-refractivity contribution in [2.24, 2.45) is 0 Å². The number of nitrogens with zero attached hydrogens (tertiary/aromatic N) is 1. The second-order valence-electron chi connectivity index (χ2n) is 7.21. The molecule has 0 saturated carbocycles. The number of thiophene rings is 1. The first-order valence-corrected chi connectivity index (χ1v) is 13.2. The molecule has 1 N–H and O–H groups in total. The van der Waals surface area contributed by atoms with Crippen molar-refractivity contribution in [3.63, 3.8) is 0 Å². The topological polar surface area (TPSA) is 102 Å². The fourth-order valence-electron chi connectivity index (χ4n) is 3.15. The van der Waals surface area contributed by atoms with Crippen LogP contribution >= 0.6 is 34.5 Å². The lowest BCUT2D eigenvalue weighted by atomic mass is 10.1. The van der Waals surface area contributed by atoms with Crippen molar-refractivity contribution in [2.75, 3.05) is 18.2 Å². The zero-order chi connectivity index (χ0) is 24.5. The summed E-state index contributed by atoms with van der Waals surface area (Å²) < 4.78 is 29.3. The average molecular weight is 535 g/mol. The number of fused-ring (bicyclic) bond motifs is 1. The van der Waals surface area contributed by atoms with E-state index in [1.165, 1.54) is 29.5 Å². The molecule has 7 nitrogen and oxygen atoms in total. The minimum atomic E-state index is -3.49. The monoisotopic (exact) mass is 534 g/mol. The largest absolute Gasteiger partial charge is 0.452 e. The van der Waals surface area contributed by atoms with Gasteiger partial charge in [-0.1, -0.05) is 41.4 Å². The fourth-order valence-corrected chi connectivity index (χ4v) is 4.96. The van der Waals surface area contributed by atoms with Gasteiger partial charge < -0.3 is 10.1 Å². The maximum Gasteiger partial charge on any atom is 0.339 e. The Bertz CT molecular complexity index is 1530. The highest BCUT2D eigenvalue weighted by Gasteiger charge is 2.18. The number of halogens is 2. The number of para-hydroxylation sites is 1. The van der Waals surface area contributed by atoms with Gasteiger partial charge in [0.15, 0.2) is 16.4 Å². The Labute approximate surface area is 209 Å². The highest BCUT2D eigenvalue weighted by Crippen LogP contribution is 2.32. The number of aromatic nitrogens is 1. The molecular weight excluding hydrogens is 519 g/mol. The molecule has 174 valence electrons. The number of ether oxygens (including phenoxy) is 1. The molecule has 2 heterocycles. The number of carbonyl (C=O) groups excluding carboxylic acids is 2. The molecule has 4 rings (SSSR count). The number of rotatable bonds is 6. The number of nitrogens with one attached hydrogen (secondary N) is 1. The molecule has 2 aromatic heterocycles. The van der Waals surface area contributed by atoms with Gasteiger partial charge in [-0.05, 0) is 42.5 Å². The van der Waals surface area contributed by atoms with Gasteiger partial charge in [-0.25, -0.2) is 18.2 Å². The lowest BCUT2D eigenvalue weighted by Gasteiger charge is -2.11. The van der Waals surface area contributed by atoms with Crippen molar-refractivity contribution >= 4 is 72.8 Å². The number of hydrogen-bond donors (Lipinski definition) is 1. The molecule has 0 spiro atoms. The van der Waals surface area contributed by atoms with Gasteiger partial charge in [-0.15, -0.1) is 11.3 Å². The van der Waals surface area contributed by atoms with Crippen molar-refractivity contribution in [2.45, 2.75) is 4.90 Å². The van der Waals surface area contributed by atoms with Gasteiger partial charge in [0.2, 0.25) is 0 Å². The molecule has 0 saturated heterocycles. The van der Waals surface area contributed by atoms with Gasteiger partial charge in [0.25, 0.3) is 5.91 Å². The van der Waals surface area contributed by atoms with Crippen LogP contribution in [0.25, 0.3) is 21.5 Å². The van der Waals surface area contributed by atoms with Gasteiger partial charge in [0, 0.05) is 11.6 Å². The molecule has 0 aliphatic carbocycles. The number of anilines is 1. The predicted octanol–water partition coefficient (Wildman–Crippen LogP) is 5.47. The standard InChI is InChI=1S/C23H16Cl2N2O5S2/c1-34(30,31)13-6-7-16(24)18(10-13)27-22(28)12-32-23(29)15-11-19(20-8-9-21(25)33-20)26-17-5-3-2-4-14(15)17/h2-11H,12H2,1H3,(H,27,28). The summed E-state index contributed by atoms with van der Waals surface area (Å²) in [5.74, 6) is -1.39. The molecule has 11 heteroatoms. The number of carbonyl (C=O) groups is 2. The molecule has 2 aromatic carbocycles. The quantitative estimate of drug-likeness (QED) is 0.329. The molecule has 0 aliphatic rings. The highest BCUT2D eigenvalue weighted by atomic mass is 35.5. The first-order valence-electron chi connectivity index (χ1n) is 9.74. The summed E-state index contributed by atoms with van der Waals surface area (Å²) in [6.45, 7) is -0.602. The molecule has 0 radical (unpaired) electrons. The minimum absolute atomic E-state index is 0.00587. The number of pyridine rings is 1. The van der Waals surface area contributed by atoms with Crippen LogP contribution in [0.1, 0.15) is 10.4 Å². The van der Waals surface area contributed by atoms with Gasteiger partial charge >= 0.3 is 5.97 Å². The van der Waals surface area contributed by atoms with E-state index in [1.807, 2.05) is 0 Å². The van der Waals surface area contributed by atoms with E-state index >= 15 is 0 Å². The number of benzene rings is 2. The lowest BCUT2D eigenvalue weighted by molar-refractivity contribution is -0.119. The zero-order valence-electron chi connectivity index (χ0n) is 17.5.